The number of carbonyl (C=O) groups excluding carboxylic acids is 1. The third kappa shape index (κ3) is 3.26. The molecule has 1 amide bonds. The number of carbonyl (C=O) groups is 1. The van der Waals surface area contributed by atoms with E-state index in [2.05, 4.69) is 47.5 Å². The van der Waals surface area contributed by atoms with E-state index in [1.807, 2.05) is 6.20 Å². The first-order valence-corrected chi connectivity index (χ1v) is 9.26. The summed E-state index contributed by atoms with van der Waals surface area (Å²) in [6, 6.07) is 0.287. The zero-order chi connectivity index (χ0) is 17.3. The van der Waals surface area contributed by atoms with Crippen molar-refractivity contribution in [1.82, 2.24) is 14.9 Å². The van der Waals surface area contributed by atoms with Crippen LogP contribution in [0.5, 0.6) is 0 Å². The summed E-state index contributed by atoms with van der Waals surface area (Å²) in [7, 11) is 0. The molecular weight excluding hydrogens is 300 g/mol. The predicted molar refractivity (Wildman–Crippen MR) is 96.1 cm³/mol. The molecule has 132 valence electrons. The maximum atomic E-state index is 12.2. The fourth-order valence-corrected chi connectivity index (χ4v) is 4.24. The Bertz CT molecular complexity index is 601. The molecule has 2 aliphatic rings. The Labute approximate surface area is 145 Å². The number of rotatable bonds is 3. The van der Waals surface area contributed by atoms with Crippen LogP contribution in [-0.2, 0) is 4.79 Å². The first-order chi connectivity index (χ1) is 11.4. The van der Waals surface area contributed by atoms with Gasteiger partial charge in [-0.3, -0.25) is 4.79 Å². The molecule has 2 aliphatic heterocycles. The first kappa shape index (κ1) is 17.2. The van der Waals surface area contributed by atoms with Gasteiger partial charge in [-0.05, 0) is 39.0 Å². The van der Waals surface area contributed by atoms with Crippen LogP contribution < -0.4 is 4.90 Å². The topological polar surface area (TPSA) is 49.3 Å². The molecule has 0 aromatic carbocycles. The summed E-state index contributed by atoms with van der Waals surface area (Å²) in [4.78, 5) is 25.6. The lowest BCUT2D eigenvalue weighted by Crippen LogP contribution is -2.55. The highest BCUT2D eigenvalue weighted by molar-refractivity contribution is 5.77. The lowest BCUT2D eigenvalue weighted by Gasteiger charge is -2.49. The number of piperidine rings is 2. The van der Waals surface area contributed by atoms with Crippen molar-refractivity contribution in [2.45, 2.75) is 65.3 Å². The number of anilines is 1. The lowest BCUT2D eigenvalue weighted by atomic mass is 9.73. The van der Waals surface area contributed by atoms with Crippen LogP contribution in [0.2, 0.25) is 0 Å². The molecule has 5 heteroatoms. The van der Waals surface area contributed by atoms with Crippen molar-refractivity contribution in [3.63, 3.8) is 0 Å². The van der Waals surface area contributed by atoms with Gasteiger partial charge in [0.25, 0.3) is 0 Å². The molecule has 0 bridgehead atoms. The summed E-state index contributed by atoms with van der Waals surface area (Å²) in [6.45, 7) is 11.6. The summed E-state index contributed by atoms with van der Waals surface area (Å²) >= 11 is 0. The number of amides is 1. The van der Waals surface area contributed by atoms with Gasteiger partial charge in [0.05, 0.1) is 0 Å². The highest BCUT2D eigenvalue weighted by Gasteiger charge is 2.42. The average molecular weight is 330 g/mol. The van der Waals surface area contributed by atoms with Crippen LogP contribution in [0.25, 0.3) is 0 Å². The highest BCUT2D eigenvalue weighted by atomic mass is 16.2. The third-order valence-electron chi connectivity index (χ3n) is 5.62. The molecule has 3 rings (SSSR count). The minimum absolute atomic E-state index is 0.218. The lowest BCUT2D eigenvalue weighted by molar-refractivity contribution is -0.140. The summed E-state index contributed by atoms with van der Waals surface area (Å²) in [5.74, 6) is 1.82. The van der Waals surface area contributed by atoms with Gasteiger partial charge >= 0.3 is 0 Å². The van der Waals surface area contributed by atoms with Crippen molar-refractivity contribution in [3.8, 4) is 0 Å². The van der Waals surface area contributed by atoms with Gasteiger partial charge in [-0.1, -0.05) is 13.8 Å². The Hall–Kier alpha value is -1.65. The van der Waals surface area contributed by atoms with Gasteiger partial charge in [0.2, 0.25) is 5.91 Å². The number of hydrogen-bond acceptors (Lipinski definition) is 4. The Morgan fingerprint density at radius 1 is 1.17 bits per heavy atom. The minimum atomic E-state index is 0.218. The minimum Gasteiger partial charge on any atom is -0.356 e. The molecule has 0 saturated carbocycles. The van der Waals surface area contributed by atoms with E-state index < -0.39 is 0 Å². The molecule has 24 heavy (non-hydrogen) atoms. The van der Waals surface area contributed by atoms with E-state index in [4.69, 9.17) is 0 Å². The summed E-state index contributed by atoms with van der Waals surface area (Å²) in [5, 5.41) is 0. The van der Waals surface area contributed by atoms with Crippen LogP contribution in [0.4, 0.5) is 5.82 Å². The van der Waals surface area contributed by atoms with Gasteiger partial charge in [-0.15, -0.1) is 0 Å². The maximum Gasteiger partial charge on any atom is 0.222 e. The van der Waals surface area contributed by atoms with Gasteiger partial charge in [0, 0.05) is 49.3 Å². The number of hydrogen-bond donors (Lipinski definition) is 0. The van der Waals surface area contributed by atoms with Crippen molar-refractivity contribution in [2.24, 2.45) is 5.41 Å². The van der Waals surface area contributed by atoms with E-state index in [1.54, 1.807) is 6.33 Å². The standard InChI is InChI=1S/C19H30N4O/c1-14(2)16-10-20-13-21-18(16)22-9-5-7-19(11-22)8-6-17(24)23(12-19)15(3)4/h10,13-15H,5-9,11-12H2,1-4H3. The molecule has 3 heterocycles. The molecule has 0 aliphatic carbocycles. The second-order valence-corrected chi connectivity index (χ2v) is 8.10. The fourth-order valence-electron chi connectivity index (χ4n) is 4.24. The van der Waals surface area contributed by atoms with Gasteiger partial charge < -0.3 is 9.80 Å². The number of aromatic nitrogens is 2. The zero-order valence-electron chi connectivity index (χ0n) is 15.5. The van der Waals surface area contributed by atoms with Gasteiger partial charge in [0.1, 0.15) is 12.1 Å². The Balaban J connectivity index is 1.83. The predicted octanol–water partition coefficient (Wildman–Crippen LogP) is 3.22. The molecule has 5 nitrogen and oxygen atoms in total. The molecule has 1 aromatic heterocycles. The molecule has 0 radical (unpaired) electrons. The van der Waals surface area contributed by atoms with E-state index in [0.29, 0.717) is 18.2 Å². The maximum absolute atomic E-state index is 12.2. The van der Waals surface area contributed by atoms with E-state index in [0.717, 1.165) is 31.9 Å². The van der Waals surface area contributed by atoms with Crippen LogP contribution in [0.15, 0.2) is 12.5 Å². The van der Waals surface area contributed by atoms with Crippen molar-refractivity contribution >= 4 is 11.7 Å². The van der Waals surface area contributed by atoms with Crippen LogP contribution in [0, 0.1) is 5.41 Å². The summed E-state index contributed by atoms with van der Waals surface area (Å²) in [5.41, 5.74) is 1.44. The second-order valence-electron chi connectivity index (χ2n) is 8.10. The average Bonchev–Trinajstić information content (AvgIpc) is 2.57. The Morgan fingerprint density at radius 2 is 1.96 bits per heavy atom. The monoisotopic (exact) mass is 330 g/mol. The molecule has 1 aromatic rings. The van der Waals surface area contributed by atoms with E-state index in [9.17, 15) is 4.79 Å². The smallest absolute Gasteiger partial charge is 0.222 e. The molecule has 1 spiro atoms. The summed E-state index contributed by atoms with van der Waals surface area (Å²) in [6.07, 6.45) is 7.69. The molecule has 1 atom stereocenters. The van der Waals surface area contributed by atoms with Crippen LogP contribution in [0.3, 0.4) is 0 Å². The second kappa shape index (κ2) is 6.69. The third-order valence-corrected chi connectivity index (χ3v) is 5.62. The van der Waals surface area contributed by atoms with Crippen molar-refractivity contribution in [3.05, 3.63) is 18.1 Å². The number of nitrogens with zero attached hydrogens (tertiary/aromatic N) is 4. The Morgan fingerprint density at radius 3 is 2.67 bits per heavy atom. The van der Waals surface area contributed by atoms with Crippen LogP contribution in [0.1, 0.15) is 64.9 Å². The fraction of sp³-hybridized carbons (Fsp3) is 0.737. The molecule has 1 unspecified atom stereocenters. The van der Waals surface area contributed by atoms with Crippen LogP contribution >= 0.6 is 0 Å². The normalized spacial score (nSPS) is 25.2. The molecule has 2 saturated heterocycles. The van der Waals surface area contributed by atoms with Gasteiger partial charge in [0.15, 0.2) is 0 Å². The van der Waals surface area contributed by atoms with Crippen molar-refractivity contribution < 1.29 is 4.79 Å². The first-order valence-electron chi connectivity index (χ1n) is 9.26. The largest absolute Gasteiger partial charge is 0.356 e. The van der Waals surface area contributed by atoms with Gasteiger partial charge in [-0.25, -0.2) is 9.97 Å². The van der Waals surface area contributed by atoms with Gasteiger partial charge in [-0.2, -0.15) is 0 Å². The quantitative estimate of drug-likeness (QED) is 0.854. The Kier molecular flexibility index (Phi) is 4.79. The molecule has 2 fully saturated rings. The van der Waals surface area contributed by atoms with Crippen molar-refractivity contribution in [2.75, 3.05) is 24.5 Å². The molecule has 0 N–H and O–H groups in total. The highest BCUT2D eigenvalue weighted by Crippen LogP contribution is 2.41. The van der Waals surface area contributed by atoms with E-state index in [-0.39, 0.29) is 11.5 Å². The number of likely N-dealkylation sites (tertiary alicyclic amines) is 1. The molecular formula is C19H30N4O. The van der Waals surface area contributed by atoms with Crippen LogP contribution in [-0.4, -0.2) is 46.5 Å². The SMILES string of the molecule is CC(C)c1cncnc1N1CCCC2(CCC(=O)N(C(C)C)C2)C1. The van der Waals surface area contributed by atoms with Crippen molar-refractivity contribution in [1.29, 1.82) is 0 Å². The van der Waals surface area contributed by atoms with E-state index >= 15 is 0 Å². The van der Waals surface area contributed by atoms with E-state index in [1.165, 1.54) is 18.4 Å². The zero-order valence-corrected chi connectivity index (χ0v) is 15.5. The summed E-state index contributed by atoms with van der Waals surface area (Å²) < 4.78 is 0.